The Kier molecular flexibility index (Phi) is 2.72. The average molecular weight is 246 g/mol. The van der Waals surface area contributed by atoms with Gasteiger partial charge in [0.25, 0.3) is 0 Å². The van der Waals surface area contributed by atoms with Crippen molar-refractivity contribution in [2.75, 3.05) is 11.5 Å². The van der Waals surface area contributed by atoms with Crippen LogP contribution in [-0.4, -0.2) is 29.5 Å². The summed E-state index contributed by atoms with van der Waals surface area (Å²) in [5, 5.41) is 0. The molecule has 6 heteroatoms. The molecule has 1 aromatic heterocycles. The molecular weight excluding hydrogens is 232 g/mol. The predicted octanol–water partition coefficient (Wildman–Crippen LogP) is 1.60. The Morgan fingerprint density at radius 3 is 2.87 bits per heavy atom. The third-order valence-corrected chi connectivity index (χ3v) is 4.82. The number of aromatic nitrogens is 2. The van der Waals surface area contributed by atoms with Crippen molar-refractivity contribution in [3.63, 3.8) is 0 Å². The first kappa shape index (κ1) is 10.9. The summed E-state index contributed by atoms with van der Waals surface area (Å²) in [6, 6.07) is 0.0150. The molecule has 0 aliphatic carbocycles. The van der Waals surface area contributed by atoms with Crippen LogP contribution < -0.4 is 0 Å². The summed E-state index contributed by atoms with van der Waals surface area (Å²) >= 11 is 5.14. The normalized spacial score (nSPS) is 25.3. The van der Waals surface area contributed by atoms with Gasteiger partial charge in [-0.3, -0.25) is 0 Å². The van der Waals surface area contributed by atoms with Crippen LogP contribution in [0.4, 0.5) is 0 Å². The molecule has 1 saturated heterocycles. The molecule has 0 aromatic carbocycles. The molecule has 0 bridgehead atoms. The lowest BCUT2D eigenvalue weighted by Crippen LogP contribution is -2.27. The highest BCUT2D eigenvalue weighted by atomic mass is 32.2. The Morgan fingerprint density at radius 1 is 1.60 bits per heavy atom. The van der Waals surface area contributed by atoms with Gasteiger partial charge in [-0.2, -0.15) is 0 Å². The fourth-order valence-corrected chi connectivity index (χ4v) is 4.07. The number of nitrogens with one attached hydrogen (secondary N) is 1. The summed E-state index contributed by atoms with van der Waals surface area (Å²) in [7, 11) is -2.87. The molecule has 84 valence electrons. The van der Waals surface area contributed by atoms with E-state index >= 15 is 0 Å². The highest BCUT2D eigenvalue weighted by Gasteiger charge is 2.26. The summed E-state index contributed by atoms with van der Waals surface area (Å²) < 4.78 is 25.5. The molecule has 1 aliphatic heterocycles. The van der Waals surface area contributed by atoms with Gasteiger partial charge in [0.05, 0.1) is 11.5 Å². The van der Waals surface area contributed by atoms with Gasteiger partial charge >= 0.3 is 0 Å². The van der Waals surface area contributed by atoms with E-state index in [9.17, 15) is 8.42 Å². The van der Waals surface area contributed by atoms with E-state index in [0.29, 0.717) is 10.5 Å². The largest absolute Gasteiger partial charge is 0.335 e. The van der Waals surface area contributed by atoms with Gasteiger partial charge in [-0.15, -0.1) is 0 Å². The van der Waals surface area contributed by atoms with Gasteiger partial charge in [-0.25, -0.2) is 8.42 Å². The van der Waals surface area contributed by atoms with E-state index < -0.39 is 9.84 Å². The highest BCUT2D eigenvalue weighted by Crippen LogP contribution is 2.23. The van der Waals surface area contributed by atoms with Gasteiger partial charge in [-0.1, -0.05) is 0 Å². The van der Waals surface area contributed by atoms with E-state index in [1.165, 1.54) is 0 Å². The number of hydrogen-bond acceptors (Lipinski definition) is 3. The van der Waals surface area contributed by atoms with Gasteiger partial charge in [0.1, 0.15) is 0 Å². The molecule has 2 rings (SSSR count). The first-order valence-electron chi connectivity index (χ1n) is 4.96. The zero-order valence-corrected chi connectivity index (χ0v) is 10.2. The number of hydrogen-bond donors (Lipinski definition) is 1. The number of aryl methyl sites for hydroxylation is 1. The lowest BCUT2D eigenvalue weighted by Gasteiger charge is -2.22. The van der Waals surface area contributed by atoms with Gasteiger partial charge < -0.3 is 9.55 Å². The van der Waals surface area contributed by atoms with Crippen molar-refractivity contribution in [1.82, 2.24) is 9.55 Å². The van der Waals surface area contributed by atoms with E-state index in [1.54, 1.807) is 0 Å². The average Bonchev–Trinajstić information content (AvgIpc) is 2.43. The maximum atomic E-state index is 11.5. The molecule has 1 N–H and O–H groups in total. The molecule has 1 aliphatic rings. The Bertz CT molecular complexity index is 512. The topological polar surface area (TPSA) is 54.9 Å². The van der Waals surface area contributed by atoms with E-state index in [0.717, 1.165) is 18.5 Å². The second-order valence-electron chi connectivity index (χ2n) is 4.06. The monoisotopic (exact) mass is 246 g/mol. The summed E-state index contributed by atoms with van der Waals surface area (Å²) in [6.07, 6.45) is 3.53. The minimum Gasteiger partial charge on any atom is -0.335 e. The molecule has 0 saturated carbocycles. The van der Waals surface area contributed by atoms with Gasteiger partial charge in [0, 0.05) is 17.9 Å². The molecule has 1 fully saturated rings. The molecule has 1 atom stereocenters. The van der Waals surface area contributed by atoms with Crippen LogP contribution in [0.25, 0.3) is 0 Å². The smallest absolute Gasteiger partial charge is 0.177 e. The Morgan fingerprint density at radius 2 is 2.33 bits per heavy atom. The SMILES string of the molecule is Cc1cn(C2CCCS(=O)(=O)C2)c(=S)[nH]1. The lowest BCUT2D eigenvalue weighted by atomic mass is 10.2. The van der Waals surface area contributed by atoms with Gasteiger partial charge in [-0.05, 0) is 32.0 Å². The molecule has 1 unspecified atom stereocenters. The van der Waals surface area contributed by atoms with E-state index in [2.05, 4.69) is 4.98 Å². The second kappa shape index (κ2) is 3.75. The minimum atomic E-state index is -2.87. The van der Waals surface area contributed by atoms with Crippen molar-refractivity contribution in [1.29, 1.82) is 0 Å². The Labute approximate surface area is 94.2 Å². The van der Waals surface area contributed by atoms with Crippen LogP contribution in [0.1, 0.15) is 24.6 Å². The number of nitrogens with zero attached hydrogens (tertiary/aromatic N) is 1. The molecule has 15 heavy (non-hydrogen) atoms. The fourth-order valence-electron chi connectivity index (χ4n) is 2.02. The van der Waals surface area contributed by atoms with Crippen LogP contribution in [0.3, 0.4) is 0 Å². The maximum absolute atomic E-state index is 11.5. The van der Waals surface area contributed by atoms with Crippen LogP contribution in [-0.2, 0) is 9.84 Å². The Balaban J connectivity index is 2.32. The van der Waals surface area contributed by atoms with Crippen LogP contribution in [0.15, 0.2) is 6.20 Å². The lowest BCUT2D eigenvalue weighted by molar-refractivity contribution is 0.466. The number of H-pyrrole nitrogens is 1. The van der Waals surface area contributed by atoms with Gasteiger partial charge in [0.15, 0.2) is 14.6 Å². The van der Waals surface area contributed by atoms with Crippen molar-refractivity contribution in [3.8, 4) is 0 Å². The zero-order chi connectivity index (χ0) is 11.1. The standard InChI is InChI=1S/C9H14N2O2S2/c1-7-5-11(9(14)10-7)8-3-2-4-15(12,13)6-8/h5,8H,2-4,6H2,1H3,(H,10,14). The molecule has 1 aromatic rings. The first-order chi connectivity index (χ1) is 6.98. The predicted molar refractivity (Wildman–Crippen MR) is 61.3 cm³/mol. The van der Waals surface area contributed by atoms with Crippen molar-refractivity contribution >= 4 is 22.1 Å². The third-order valence-electron chi connectivity index (χ3n) is 2.70. The molecule has 4 nitrogen and oxygen atoms in total. The molecule has 2 heterocycles. The molecule has 0 amide bonds. The van der Waals surface area contributed by atoms with E-state index in [1.807, 2.05) is 17.7 Å². The number of rotatable bonds is 1. The fraction of sp³-hybridized carbons (Fsp3) is 0.667. The molecule has 0 spiro atoms. The first-order valence-corrected chi connectivity index (χ1v) is 7.19. The summed E-state index contributed by atoms with van der Waals surface area (Å²) in [6.45, 7) is 1.92. The van der Waals surface area contributed by atoms with E-state index in [4.69, 9.17) is 12.2 Å². The van der Waals surface area contributed by atoms with Crippen molar-refractivity contribution in [2.24, 2.45) is 0 Å². The molecular formula is C9H14N2O2S2. The number of imidazole rings is 1. The second-order valence-corrected chi connectivity index (χ2v) is 6.68. The van der Waals surface area contributed by atoms with Crippen LogP contribution in [0, 0.1) is 11.7 Å². The van der Waals surface area contributed by atoms with Crippen molar-refractivity contribution in [3.05, 3.63) is 16.7 Å². The number of sulfone groups is 1. The third kappa shape index (κ3) is 2.31. The number of aromatic amines is 1. The van der Waals surface area contributed by atoms with Crippen molar-refractivity contribution < 1.29 is 8.42 Å². The van der Waals surface area contributed by atoms with Crippen LogP contribution in [0.2, 0.25) is 0 Å². The Hall–Kier alpha value is -0.620. The van der Waals surface area contributed by atoms with Gasteiger partial charge in [0.2, 0.25) is 0 Å². The maximum Gasteiger partial charge on any atom is 0.177 e. The van der Waals surface area contributed by atoms with Crippen LogP contribution in [0.5, 0.6) is 0 Å². The summed E-state index contributed by atoms with van der Waals surface area (Å²) in [4.78, 5) is 3.02. The van der Waals surface area contributed by atoms with Crippen LogP contribution >= 0.6 is 12.2 Å². The summed E-state index contributed by atoms with van der Waals surface area (Å²) in [5.74, 6) is 0.541. The molecule has 0 radical (unpaired) electrons. The quantitative estimate of drug-likeness (QED) is 0.766. The van der Waals surface area contributed by atoms with Crippen molar-refractivity contribution in [2.45, 2.75) is 25.8 Å². The zero-order valence-electron chi connectivity index (χ0n) is 8.56. The minimum absolute atomic E-state index is 0.0150. The summed E-state index contributed by atoms with van der Waals surface area (Å²) in [5.41, 5.74) is 0.975. The van der Waals surface area contributed by atoms with E-state index in [-0.39, 0.29) is 11.8 Å². The highest BCUT2D eigenvalue weighted by molar-refractivity contribution is 7.91.